The first-order chi connectivity index (χ1) is 12.9. The smallest absolute Gasteiger partial charge is 0.289 e. The van der Waals surface area contributed by atoms with Crippen LogP contribution in [0.4, 0.5) is 0 Å². The lowest BCUT2D eigenvalue weighted by Crippen LogP contribution is -2.53. The third-order valence-electron chi connectivity index (χ3n) is 4.03. The summed E-state index contributed by atoms with van der Waals surface area (Å²) in [5, 5.41) is 3.24. The number of rotatable bonds is 8. The number of piperazine rings is 1. The highest BCUT2D eigenvalue weighted by atomic mass is 127. The van der Waals surface area contributed by atoms with Crippen LogP contribution in [-0.2, 0) is 14.6 Å². The minimum absolute atomic E-state index is 0. The number of halogens is 1. The number of furan rings is 1. The number of hydrogen-bond donors (Lipinski definition) is 1. The molecule has 1 aromatic rings. The van der Waals surface area contributed by atoms with Crippen LogP contribution in [0.3, 0.4) is 0 Å². The fraction of sp³-hybridized carbons (Fsp3) is 0.647. The fourth-order valence-electron chi connectivity index (χ4n) is 2.63. The van der Waals surface area contributed by atoms with Gasteiger partial charge in [-0.1, -0.05) is 0 Å². The van der Waals surface area contributed by atoms with Gasteiger partial charge >= 0.3 is 0 Å². The zero-order chi connectivity index (χ0) is 19.7. The van der Waals surface area contributed by atoms with Crippen molar-refractivity contribution in [3.8, 4) is 0 Å². The van der Waals surface area contributed by atoms with Crippen molar-refractivity contribution in [3.63, 3.8) is 0 Å². The summed E-state index contributed by atoms with van der Waals surface area (Å²) >= 11 is 0. The Morgan fingerprint density at radius 2 is 1.93 bits per heavy atom. The molecule has 0 unspecified atom stereocenters. The summed E-state index contributed by atoms with van der Waals surface area (Å²) in [6.45, 7) is 6.25. The van der Waals surface area contributed by atoms with Crippen molar-refractivity contribution in [3.05, 3.63) is 24.2 Å². The Kier molecular flexibility index (Phi) is 10.8. The number of nitrogens with zero attached hydrogens (tertiary/aromatic N) is 3. The van der Waals surface area contributed by atoms with E-state index in [-0.39, 0.29) is 42.2 Å². The number of amides is 1. The molecule has 2 rings (SSSR count). The SMILES string of the molecule is CCNC(=NCCOCCS(C)(=O)=O)N1CCN(C(=O)c2ccco2)CC1.I. The van der Waals surface area contributed by atoms with Crippen LogP contribution in [0.1, 0.15) is 17.5 Å². The monoisotopic (exact) mass is 528 g/mol. The molecule has 2 heterocycles. The molecule has 0 aliphatic carbocycles. The Balaban J connectivity index is 0.00000392. The number of carbonyl (C=O) groups excluding carboxylic acids is 1. The standard InChI is InChI=1S/C17H28N4O5S.HI/c1-3-18-17(19-6-12-25-13-14-27(2,23)24)21-9-7-20(8-10-21)16(22)15-5-4-11-26-15;/h4-5,11H,3,6-10,12-14H2,1-2H3,(H,18,19);1H. The molecule has 1 aliphatic rings. The maximum atomic E-state index is 12.3. The van der Waals surface area contributed by atoms with Crippen LogP contribution in [0, 0.1) is 0 Å². The topological polar surface area (TPSA) is 104 Å². The van der Waals surface area contributed by atoms with Crippen LogP contribution >= 0.6 is 24.0 Å². The molecule has 28 heavy (non-hydrogen) atoms. The molecule has 1 aromatic heterocycles. The van der Waals surface area contributed by atoms with Crippen LogP contribution in [0.5, 0.6) is 0 Å². The van der Waals surface area contributed by atoms with Gasteiger partial charge < -0.3 is 24.3 Å². The van der Waals surface area contributed by atoms with Gasteiger partial charge in [-0.15, -0.1) is 24.0 Å². The quantitative estimate of drug-likeness (QED) is 0.229. The molecular weight excluding hydrogens is 499 g/mol. The third kappa shape index (κ3) is 8.35. The lowest BCUT2D eigenvalue weighted by atomic mass is 10.3. The lowest BCUT2D eigenvalue weighted by Gasteiger charge is -2.36. The van der Waals surface area contributed by atoms with Crippen molar-refractivity contribution in [2.75, 3.05) is 64.5 Å². The third-order valence-corrected chi connectivity index (χ3v) is 4.94. The van der Waals surface area contributed by atoms with Crippen molar-refractivity contribution in [1.82, 2.24) is 15.1 Å². The van der Waals surface area contributed by atoms with Gasteiger partial charge in [-0.05, 0) is 19.1 Å². The van der Waals surface area contributed by atoms with E-state index in [1.54, 1.807) is 17.0 Å². The van der Waals surface area contributed by atoms with E-state index < -0.39 is 9.84 Å². The Bertz CT molecular complexity index is 716. The van der Waals surface area contributed by atoms with Crippen molar-refractivity contribution in [1.29, 1.82) is 0 Å². The molecule has 9 nitrogen and oxygen atoms in total. The average Bonchev–Trinajstić information content (AvgIpc) is 3.17. The fourth-order valence-corrected chi connectivity index (χ4v) is 3.05. The Labute approximate surface area is 183 Å². The first-order valence-electron chi connectivity index (χ1n) is 9.02. The Morgan fingerprint density at radius 3 is 2.50 bits per heavy atom. The normalized spacial score (nSPS) is 15.3. The van der Waals surface area contributed by atoms with Crippen LogP contribution in [-0.4, -0.2) is 94.6 Å². The van der Waals surface area contributed by atoms with Crippen molar-refractivity contribution < 1.29 is 22.4 Å². The predicted octanol–water partition coefficient (Wildman–Crippen LogP) is 0.682. The number of sulfone groups is 1. The summed E-state index contributed by atoms with van der Waals surface area (Å²) < 4.78 is 32.6. The van der Waals surface area contributed by atoms with Gasteiger partial charge in [0.05, 0.1) is 31.8 Å². The minimum atomic E-state index is -3.00. The Morgan fingerprint density at radius 1 is 1.25 bits per heavy atom. The molecule has 0 spiro atoms. The molecule has 1 amide bonds. The van der Waals surface area contributed by atoms with Gasteiger partial charge in [0, 0.05) is 39.0 Å². The van der Waals surface area contributed by atoms with E-state index in [0.29, 0.717) is 45.1 Å². The highest BCUT2D eigenvalue weighted by Crippen LogP contribution is 2.09. The van der Waals surface area contributed by atoms with Gasteiger partial charge in [-0.2, -0.15) is 0 Å². The molecular formula is C17H29IN4O5S. The average molecular weight is 528 g/mol. The number of carbonyl (C=O) groups is 1. The van der Waals surface area contributed by atoms with Gasteiger partial charge in [-0.3, -0.25) is 9.79 Å². The molecule has 160 valence electrons. The molecule has 1 aliphatic heterocycles. The second-order valence-corrected chi connectivity index (χ2v) is 8.49. The second-order valence-electron chi connectivity index (χ2n) is 6.23. The van der Waals surface area contributed by atoms with Crippen molar-refractivity contribution in [2.45, 2.75) is 6.92 Å². The highest BCUT2D eigenvalue weighted by Gasteiger charge is 2.25. The van der Waals surface area contributed by atoms with Gasteiger partial charge in [0.2, 0.25) is 0 Å². The molecule has 11 heteroatoms. The summed E-state index contributed by atoms with van der Waals surface area (Å²) in [6, 6.07) is 3.38. The first-order valence-corrected chi connectivity index (χ1v) is 11.1. The van der Waals surface area contributed by atoms with Crippen molar-refractivity contribution in [2.24, 2.45) is 4.99 Å². The van der Waals surface area contributed by atoms with Crippen molar-refractivity contribution >= 4 is 45.7 Å². The van der Waals surface area contributed by atoms with E-state index in [9.17, 15) is 13.2 Å². The second kappa shape index (κ2) is 12.3. The van der Waals surface area contributed by atoms with Gasteiger partial charge in [0.15, 0.2) is 11.7 Å². The van der Waals surface area contributed by atoms with E-state index in [2.05, 4.69) is 15.2 Å². The number of aliphatic imine (C=N–C) groups is 1. The number of ether oxygens (including phenoxy) is 1. The Hall–Kier alpha value is -1.34. The van der Waals surface area contributed by atoms with Crippen LogP contribution in [0.2, 0.25) is 0 Å². The molecule has 0 aromatic carbocycles. The molecule has 0 bridgehead atoms. The van der Waals surface area contributed by atoms with Crippen LogP contribution in [0.25, 0.3) is 0 Å². The van der Waals surface area contributed by atoms with Crippen LogP contribution < -0.4 is 5.32 Å². The van der Waals surface area contributed by atoms with E-state index in [1.807, 2.05) is 6.92 Å². The summed E-state index contributed by atoms with van der Waals surface area (Å²) in [5.41, 5.74) is 0. The molecule has 0 atom stereocenters. The number of nitrogens with one attached hydrogen (secondary N) is 1. The van der Waals surface area contributed by atoms with E-state index in [1.165, 1.54) is 12.5 Å². The van der Waals surface area contributed by atoms with Gasteiger partial charge in [0.1, 0.15) is 9.84 Å². The summed E-state index contributed by atoms with van der Waals surface area (Å²) in [7, 11) is -3.00. The number of hydrogen-bond acceptors (Lipinski definition) is 6. The zero-order valence-electron chi connectivity index (χ0n) is 16.3. The van der Waals surface area contributed by atoms with Gasteiger partial charge in [-0.25, -0.2) is 8.42 Å². The zero-order valence-corrected chi connectivity index (χ0v) is 19.4. The maximum absolute atomic E-state index is 12.3. The van der Waals surface area contributed by atoms with E-state index >= 15 is 0 Å². The summed E-state index contributed by atoms with van der Waals surface area (Å²) in [5.74, 6) is 1.05. The van der Waals surface area contributed by atoms with Crippen LogP contribution in [0.15, 0.2) is 27.8 Å². The van der Waals surface area contributed by atoms with E-state index in [4.69, 9.17) is 9.15 Å². The molecule has 0 saturated carbocycles. The van der Waals surface area contributed by atoms with E-state index in [0.717, 1.165) is 12.5 Å². The summed E-state index contributed by atoms with van der Waals surface area (Å²) in [6.07, 6.45) is 2.69. The molecule has 0 radical (unpaired) electrons. The summed E-state index contributed by atoms with van der Waals surface area (Å²) in [4.78, 5) is 20.7. The molecule has 1 N–H and O–H groups in total. The minimum Gasteiger partial charge on any atom is -0.459 e. The highest BCUT2D eigenvalue weighted by molar-refractivity contribution is 14.0. The van der Waals surface area contributed by atoms with Gasteiger partial charge in [0.25, 0.3) is 5.91 Å². The predicted molar refractivity (Wildman–Crippen MR) is 118 cm³/mol. The maximum Gasteiger partial charge on any atom is 0.289 e. The lowest BCUT2D eigenvalue weighted by molar-refractivity contribution is 0.0657. The molecule has 1 saturated heterocycles. The first kappa shape index (κ1) is 24.7. The molecule has 1 fully saturated rings. The number of guanidine groups is 1. The largest absolute Gasteiger partial charge is 0.459 e.